The van der Waals surface area contributed by atoms with Crippen LogP contribution in [0.4, 0.5) is 5.82 Å². The Kier molecular flexibility index (Phi) is 4.14. The molecule has 1 aromatic heterocycles. The molecule has 1 aromatic rings. The molecule has 5 nitrogen and oxygen atoms in total. The van der Waals surface area contributed by atoms with E-state index in [1.165, 1.54) is 0 Å². The summed E-state index contributed by atoms with van der Waals surface area (Å²) in [6.45, 7) is 5.40. The first-order valence-corrected chi connectivity index (χ1v) is 6.59. The molecule has 5 heteroatoms. The van der Waals surface area contributed by atoms with Gasteiger partial charge in [-0.05, 0) is 37.3 Å². The van der Waals surface area contributed by atoms with Gasteiger partial charge in [0.05, 0.1) is 0 Å². The molecule has 1 fully saturated rings. The lowest BCUT2D eigenvalue weighted by Gasteiger charge is -2.29. The third kappa shape index (κ3) is 3.53. The van der Waals surface area contributed by atoms with Crippen LogP contribution >= 0.6 is 0 Å². The lowest BCUT2D eigenvalue weighted by Crippen LogP contribution is -2.43. The predicted molar refractivity (Wildman–Crippen MR) is 72.6 cm³/mol. The van der Waals surface area contributed by atoms with Crippen molar-refractivity contribution in [1.29, 1.82) is 0 Å². The molecule has 0 unspecified atom stereocenters. The molecule has 2 heterocycles. The number of carbonyl (C=O) groups excluding carboxylic acids is 2. The van der Waals surface area contributed by atoms with Gasteiger partial charge in [0.25, 0.3) is 0 Å². The number of pyridine rings is 1. The number of rotatable bonds is 1. The number of carbonyl (C=O) groups is 2. The van der Waals surface area contributed by atoms with Crippen LogP contribution in [0.25, 0.3) is 0 Å². The van der Waals surface area contributed by atoms with E-state index in [9.17, 15) is 9.59 Å². The first-order chi connectivity index (χ1) is 9.06. The van der Waals surface area contributed by atoms with E-state index in [1.807, 2.05) is 13.0 Å². The average Bonchev–Trinajstić information content (AvgIpc) is 2.41. The van der Waals surface area contributed by atoms with Crippen LogP contribution < -0.4 is 5.32 Å². The van der Waals surface area contributed by atoms with Crippen molar-refractivity contribution in [3.63, 3.8) is 0 Å². The van der Waals surface area contributed by atoms with Gasteiger partial charge in [-0.25, -0.2) is 4.98 Å². The minimum atomic E-state index is -0.606. The Balaban J connectivity index is 1.92. The highest BCUT2D eigenvalue weighted by atomic mass is 16.2. The Morgan fingerprint density at radius 3 is 2.58 bits per heavy atom. The van der Waals surface area contributed by atoms with Crippen LogP contribution in [-0.2, 0) is 9.59 Å². The van der Waals surface area contributed by atoms with Crippen LogP contribution in [0.3, 0.4) is 0 Å². The molecule has 0 aromatic carbocycles. The van der Waals surface area contributed by atoms with Crippen molar-refractivity contribution in [3.05, 3.63) is 23.9 Å². The molecule has 1 saturated heterocycles. The van der Waals surface area contributed by atoms with Crippen LogP contribution in [-0.4, -0.2) is 34.8 Å². The zero-order valence-electron chi connectivity index (χ0n) is 11.3. The Morgan fingerprint density at radius 1 is 1.32 bits per heavy atom. The third-order valence-corrected chi connectivity index (χ3v) is 3.42. The molecule has 1 N–H and O–H groups in total. The summed E-state index contributed by atoms with van der Waals surface area (Å²) in [4.78, 5) is 29.5. The van der Waals surface area contributed by atoms with Gasteiger partial charge >= 0.3 is 11.8 Å². The average molecular weight is 261 g/mol. The minimum absolute atomic E-state index is 0.411. The highest BCUT2D eigenvalue weighted by molar-refractivity contribution is 6.39. The molecular formula is C14H19N3O2. The zero-order valence-corrected chi connectivity index (χ0v) is 11.3. The van der Waals surface area contributed by atoms with Crippen molar-refractivity contribution < 1.29 is 9.59 Å². The van der Waals surface area contributed by atoms with Crippen molar-refractivity contribution in [2.45, 2.75) is 26.7 Å². The quantitative estimate of drug-likeness (QED) is 0.781. The van der Waals surface area contributed by atoms with E-state index in [2.05, 4.69) is 17.2 Å². The van der Waals surface area contributed by atoms with E-state index in [0.29, 0.717) is 24.8 Å². The Labute approximate surface area is 113 Å². The number of anilines is 1. The van der Waals surface area contributed by atoms with E-state index in [4.69, 9.17) is 0 Å². The van der Waals surface area contributed by atoms with Crippen molar-refractivity contribution >= 4 is 17.6 Å². The lowest BCUT2D eigenvalue weighted by atomic mass is 9.99. The van der Waals surface area contributed by atoms with Gasteiger partial charge in [-0.3, -0.25) is 9.59 Å². The maximum atomic E-state index is 12.0. The summed E-state index contributed by atoms with van der Waals surface area (Å²) in [7, 11) is 0. The van der Waals surface area contributed by atoms with Crippen LogP contribution in [0.1, 0.15) is 25.3 Å². The molecule has 0 saturated carbocycles. The molecule has 0 atom stereocenters. The number of nitrogens with one attached hydrogen (secondary N) is 1. The molecule has 102 valence electrons. The number of aryl methyl sites for hydroxylation is 1. The molecular weight excluding hydrogens is 242 g/mol. The fraction of sp³-hybridized carbons (Fsp3) is 0.500. The fourth-order valence-electron chi connectivity index (χ4n) is 2.07. The van der Waals surface area contributed by atoms with E-state index in [-0.39, 0.29) is 0 Å². The van der Waals surface area contributed by atoms with Gasteiger partial charge in [0.1, 0.15) is 5.82 Å². The molecule has 0 radical (unpaired) electrons. The van der Waals surface area contributed by atoms with E-state index in [0.717, 1.165) is 18.4 Å². The number of aromatic nitrogens is 1. The van der Waals surface area contributed by atoms with Gasteiger partial charge in [-0.15, -0.1) is 0 Å². The Bertz CT molecular complexity index is 462. The maximum absolute atomic E-state index is 12.0. The summed E-state index contributed by atoms with van der Waals surface area (Å²) in [5, 5.41) is 2.54. The predicted octanol–water partition coefficient (Wildman–Crippen LogP) is 1.59. The Hall–Kier alpha value is -1.91. The second-order valence-corrected chi connectivity index (χ2v) is 5.15. The van der Waals surface area contributed by atoms with E-state index in [1.54, 1.807) is 17.2 Å². The van der Waals surface area contributed by atoms with Crippen LogP contribution in [0, 0.1) is 12.8 Å². The van der Waals surface area contributed by atoms with E-state index < -0.39 is 11.8 Å². The van der Waals surface area contributed by atoms with Crippen LogP contribution in [0.5, 0.6) is 0 Å². The van der Waals surface area contributed by atoms with Crippen LogP contribution in [0.2, 0.25) is 0 Å². The first kappa shape index (κ1) is 13.5. The van der Waals surface area contributed by atoms with Gasteiger partial charge < -0.3 is 10.2 Å². The summed E-state index contributed by atoms with van der Waals surface area (Å²) in [6.07, 6.45) is 3.58. The number of nitrogens with zero attached hydrogens (tertiary/aromatic N) is 2. The Morgan fingerprint density at radius 2 is 2.00 bits per heavy atom. The number of likely N-dealkylation sites (tertiary alicyclic amines) is 1. The second kappa shape index (κ2) is 5.82. The monoisotopic (exact) mass is 261 g/mol. The highest BCUT2D eigenvalue weighted by Gasteiger charge is 2.25. The second-order valence-electron chi connectivity index (χ2n) is 5.15. The van der Waals surface area contributed by atoms with Gasteiger partial charge in [0.15, 0.2) is 0 Å². The largest absolute Gasteiger partial charge is 0.334 e. The molecule has 1 aliphatic heterocycles. The van der Waals surface area contributed by atoms with Crippen LogP contribution in [0.15, 0.2) is 18.3 Å². The first-order valence-electron chi connectivity index (χ1n) is 6.59. The number of hydrogen-bond donors (Lipinski definition) is 1. The SMILES string of the molecule is Cc1ccc(NC(=O)C(=O)N2CCC(C)CC2)nc1. The topological polar surface area (TPSA) is 62.3 Å². The number of piperidine rings is 1. The van der Waals surface area contributed by atoms with Crippen molar-refractivity contribution in [2.75, 3.05) is 18.4 Å². The molecule has 0 bridgehead atoms. The number of amides is 2. The standard InChI is InChI=1S/C14H19N3O2/c1-10-5-7-17(8-6-10)14(19)13(18)16-12-4-3-11(2)9-15-12/h3-4,9-10H,5-8H2,1-2H3,(H,15,16,18). The summed E-state index contributed by atoms with van der Waals surface area (Å²) in [6, 6.07) is 3.54. The van der Waals surface area contributed by atoms with Gasteiger partial charge in [0, 0.05) is 19.3 Å². The van der Waals surface area contributed by atoms with Gasteiger partial charge in [0.2, 0.25) is 0 Å². The fourth-order valence-corrected chi connectivity index (χ4v) is 2.07. The summed E-state index contributed by atoms with van der Waals surface area (Å²) in [5.74, 6) is -0.0274. The van der Waals surface area contributed by atoms with Crippen molar-refractivity contribution in [1.82, 2.24) is 9.88 Å². The maximum Gasteiger partial charge on any atom is 0.315 e. The molecule has 2 rings (SSSR count). The van der Waals surface area contributed by atoms with Crippen molar-refractivity contribution in [3.8, 4) is 0 Å². The summed E-state index contributed by atoms with van der Waals surface area (Å²) < 4.78 is 0. The summed E-state index contributed by atoms with van der Waals surface area (Å²) in [5.41, 5.74) is 1.01. The smallest absolute Gasteiger partial charge is 0.315 e. The highest BCUT2D eigenvalue weighted by Crippen LogP contribution is 2.16. The van der Waals surface area contributed by atoms with Gasteiger partial charge in [-0.1, -0.05) is 13.0 Å². The molecule has 19 heavy (non-hydrogen) atoms. The van der Waals surface area contributed by atoms with Gasteiger partial charge in [-0.2, -0.15) is 0 Å². The molecule has 2 amide bonds. The summed E-state index contributed by atoms with van der Waals surface area (Å²) >= 11 is 0. The van der Waals surface area contributed by atoms with Crippen molar-refractivity contribution in [2.24, 2.45) is 5.92 Å². The zero-order chi connectivity index (χ0) is 13.8. The lowest BCUT2D eigenvalue weighted by molar-refractivity contribution is -0.144. The molecule has 0 spiro atoms. The molecule has 0 aliphatic carbocycles. The number of hydrogen-bond acceptors (Lipinski definition) is 3. The van der Waals surface area contributed by atoms with E-state index >= 15 is 0 Å². The normalized spacial score (nSPS) is 16.2. The minimum Gasteiger partial charge on any atom is -0.334 e. The third-order valence-electron chi connectivity index (χ3n) is 3.42. The molecule has 1 aliphatic rings.